The van der Waals surface area contributed by atoms with Gasteiger partial charge in [0.25, 0.3) is 5.91 Å². The Balaban J connectivity index is 2.94. The van der Waals surface area contributed by atoms with Gasteiger partial charge in [0.1, 0.15) is 6.04 Å². The second-order valence-corrected chi connectivity index (χ2v) is 4.18. The van der Waals surface area contributed by atoms with Crippen LogP contribution in [0.5, 0.6) is 0 Å². The highest BCUT2D eigenvalue weighted by Crippen LogP contribution is 2.24. The lowest BCUT2D eigenvalue weighted by Crippen LogP contribution is -2.40. The first-order valence-corrected chi connectivity index (χ1v) is 5.70. The van der Waals surface area contributed by atoms with Gasteiger partial charge in [-0.3, -0.25) is 4.79 Å². The van der Waals surface area contributed by atoms with E-state index in [0.29, 0.717) is 0 Å². The number of carboxylic acid groups (broad SMARTS) is 1. The molecule has 17 heavy (non-hydrogen) atoms. The summed E-state index contributed by atoms with van der Waals surface area (Å²) in [6.07, 6.45) is 0.281. The van der Waals surface area contributed by atoms with Crippen LogP contribution in [0.15, 0.2) is 18.2 Å². The zero-order valence-corrected chi connectivity index (χ0v) is 10.5. The van der Waals surface area contributed by atoms with Gasteiger partial charge in [-0.2, -0.15) is 0 Å². The average Bonchev–Trinajstić information content (AvgIpc) is 2.25. The zero-order chi connectivity index (χ0) is 13.0. The minimum atomic E-state index is -1.09. The van der Waals surface area contributed by atoms with Crippen molar-refractivity contribution in [3.8, 4) is 0 Å². The average molecular weight is 276 g/mol. The first kappa shape index (κ1) is 13.8. The van der Waals surface area contributed by atoms with Gasteiger partial charge in [-0.15, -0.1) is 0 Å². The standard InChI is InChI=1S/C11H11Cl2NO3/c1-2-8(11(16)17)14-10(15)9-6(12)4-3-5-7(9)13/h3-5,8H,2H2,1H3,(H,14,15)(H,16,17)/t8-/m1/s1. The molecule has 0 bridgehead atoms. The molecule has 0 aliphatic carbocycles. The molecule has 1 aromatic rings. The Kier molecular flexibility index (Phi) is 4.78. The van der Waals surface area contributed by atoms with Gasteiger partial charge in [-0.25, -0.2) is 4.79 Å². The van der Waals surface area contributed by atoms with E-state index in [9.17, 15) is 9.59 Å². The zero-order valence-electron chi connectivity index (χ0n) is 9.04. The molecule has 0 aliphatic heterocycles. The van der Waals surface area contributed by atoms with Crippen LogP contribution in [-0.2, 0) is 4.79 Å². The van der Waals surface area contributed by atoms with E-state index in [1.54, 1.807) is 13.0 Å². The Bertz CT molecular complexity index is 428. The lowest BCUT2D eigenvalue weighted by atomic mass is 10.1. The van der Waals surface area contributed by atoms with Crippen molar-refractivity contribution in [1.82, 2.24) is 5.32 Å². The number of carbonyl (C=O) groups excluding carboxylic acids is 1. The molecule has 0 spiro atoms. The number of nitrogens with one attached hydrogen (secondary N) is 1. The Morgan fingerprint density at radius 2 is 1.88 bits per heavy atom. The second kappa shape index (κ2) is 5.89. The van der Waals surface area contributed by atoms with E-state index in [-0.39, 0.29) is 22.0 Å². The highest BCUT2D eigenvalue weighted by Gasteiger charge is 2.21. The van der Waals surface area contributed by atoms with Crippen molar-refractivity contribution in [1.29, 1.82) is 0 Å². The van der Waals surface area contributed by atoms with Gasteiger partial charge < -0.3 is 10.4 Å². The van der Waals surface area contributed by atoms with Crippen molar-refractivity contribution in [2.75, 3.05) is 0 Å². The summed E-state index contributed by atoms with van der Waals surface area (Å²) < 4.78 is 0. The molecule has 0 radical (unpaired) electrons. The Morgan fingerprint density at radius 3 is 2.29 bits per heavy atom. The minimum absolute atomic E-state index is 0.0931. The van der Waals surface area contributed by atoms with E-state index in [0.717, 1.165) is 0 Å². The maximum absolute atomic E-state index is 11.8. The van der Waals surface area contributed by atoms with E-state index in [4.69, 9.17) is 28.3 Å². The van der Waals surface area contributed by atoms with Crippen LogP contribution in [0.3, 0.4) is 0 Å². The van der Waals surface area contributed by atoms with Crippen LogP contribution in [0.4, 0.5) is 0 Å². The monoisotopic (exact) mass is 275 g/mol. The fourth-order valence-electron chi connectivity index (χ4n) is 1.28. The van der Waals surface area contributed by atoms with E-state index in [2.05, 4.69) is 5.32 Å². The number of carboxylic acids is 1. The highest BCUT2D eigenvalue weighted by molar-refractivity contribution is 6.39. The third-order valence-electron chi connectivity index (χ3n) is 2.20. The Labute approximate surface area is 109 Å². The maximum Gasteiger partial charge on any atom is 0.326 e. The molecule has 6 heteroatoms. The predicted octanol–water partition coefficient (Wildman–Crippen LogP) is 2.59. The van der Waals surface area contributed by atoms with Gasteiger partial charge in [0, 0.05) is 0 Å². The Hall–Kier alpha value is -1.26. The number of aliphatic carboxylic acids is 1. The van der Waals surface area contributed by atoms with Crippen molar-refractivity contribution >= 4 is 35.1 Å². The molecule has 92 valence electrons. The van der Waals surface area contributed by atoms with Crippen LogP contribution in [0.2, 0.25) is 10.0 Å². The van der Waals surface area contributed by atoms with Crippen LogP contribution in [0.25, 0.3) is 0 Å². The van der Waals surface area contributed by atoms with Crippen molar-refractivity contribution < 1.29 is 14.7 Å². The number of hydrogen-bond acceptors (Lipinski definition) is 2. The van der Waals surface area contributed by atoms with Crippen LogP contribution in [0, 0.1) is 0 Å². The number of halogens is 2. The molecule has 0 aromatic heterocycles. The molecule has 1 rings (SSSR count). The molecule has 4 nitrogen and oxygen atoms in total. The molecular formula is C11H11Cl2NO3. The summed E-state index contributed by atoms with van der Waals surface area (Å²) in [5, 5.41) is 11.6. The van der Waals surface area contributed by atoms with E-state index in [1.807, 2.05) is 0 Å². The van der Waals surface area contributed by atoms with Crippen molar-refractivity contribution in [3.63, 3.8) is 0 Å². The summed E-state index contributed by atoms with van der Waals surface area (Å²) >= 11 is 11.7. The molecule has 0 aliphatic rings. The molecule has 1 amide bonds. The largest absolute Gasteiger partial charge is 0.480 e. The minimum Gasteiger partial charge on any atom is -0.480 e. The number of rotatable bonds is 4. The third kappa shape index (κ3) is 3.35. The molecule has 0 saturated heterocycles. The molecular weight excluding hydrogens is 265 g/mol. The first-order chi connectivity index (χ1) is 7.97. The van der Waals surface area contributed by atoms with Crippen LogP contribution >= 0.6 is 23.2 Å². The summed E-state index contributed by atoms with van der Waals surface area (Å²) in [4.78, 5) is 22.6. The first-order valence-electron chi connectivity index (χ1n) is 4.95. The summed E-state index contributed by atoms with van der Waals surface area (Å²) in [6, 6.07) is 3.69. The van der Waals surface area contributed by atoms with E-state index < -0.39 is 17.9 Å². The van der Waals surface area contributed by atoms with E-state index in [1.165, 1.54) is 12.1 Å². The third-order valence-corrected chi connectivity index (χ3v) is 2.83. The summed E-state index contributed by atoms with van der Waals surface area (Å²) in [5.41, 5.74) is 0.0931. The van der Waals surface area contributed by atoms with Crippen LogP contribution in [0.1, 0.15) is 23.7 Å². The van der Waals surface area contributed by atoms with Gasteiger partial charge >= 0.3 is 5.97 Å². The molecule has 0 saturated carbocycles. The molecule has 0 fully saturated rings. The lowest BCUT2D eigenvalue weighted by molar-refractivity contribution is -0.139. The molecule has 0 unspecified atom stereocenters. The summed E-state index contributed by atoms with van der Waals surface area (Å²) in [6.45, 7) is 1.66. The normalized spacial score (nSPS) is 11.9. The SMILES string of the molecule is CC[C@@H](NC(=O)c1c(Cl)cccc1Cl)C(=O)O. The van der Waals surface area contributed by atoms with Gasteiger partial charge in [0.15, 0.2) is 0 Å². The van der Waals surface area contributed by atoms with Crippen molar-refractivity contribution in [2.24, 2.45) is 0 Å². The van der Waals surface area contributed by atoms with Gasteiger partial charge in [-0.05, 0) is 18.6 Å². The fourth-order valence-corrected chi connectivity index (χ4v) is 1.85. The quantitative estimate of drug-likeness (QED) is 0.888. The maximum atomic E-state index is 11.8. The number of hydrogen-bond donors (Lipinski definition) is 2. The predicted molar refractivity (Wildman–Crippen MR) is 65.6 cm³/mol. The molecule has 2 N–H and O–H groups in total. The smallest absolute Gasteiger partial charge is 0.326 e. The molecule has 0 heterocycles. The van der Waals surface area contributed by atoms with Crippen molar-refractivity contribution in [2.45, 2.75) is 19.4 Å². The lowest BCUT2D eigenvalue weighted by Gasteiger charge is -2.13. The summed E-state index contributed by atoms with van der Waals surface area (Å²) in [7, 11) is 0. The van der Waals surface area contributed by atoms with Gasteiger partial charge in [-0.1, -0.05) is 36.2 Å². The van der Waals surface area contributed by atoms with Crippen LogP contribution in [-0.4, -0.2) is 23.0 Å². The topological polar surface area (TPSA) is 66.4 Å². The number of carbonyl (C=O) groups is 2. The highest BCUT2D eigenvalue weighted by atomic mass is 35.5. The second-order valence-electron chi connectivity index (χ2n) is 3.37. The fraction of sp³-hybridized carbons (Fsp3) is 0.273. The van der Waals surface area contributed by atoms with Gasteiger partial charge in [0.05, 0.1) is 15.6 Å². The molecule has 1 atom stereocenters. The van der Waals surface area contributed by atoms with Crippen molar-refractivity contribution in [3.05, 3.63) is 33.8 Å². The number of benzene rings is 1. The summed E-state index contributed by atoms with van der Waals surface area (Å²) in [5.74, 6) is -1.68. The van der Waals surface area contributed by atoms with Crippen LogP contribution < -0.4 is 5.32 Å². The number of amides is 1. The molecule has 1 aromatic carbocycles. The van der Waals surface area contributed by atoms with E-state index >= 15 is 0 Å². The Morgan fingerprint density at radius 1 is 1.35 bits per heavy atom. The van der Waals surface area contributed by atoms with Gasteiger partial charge in [0.2, 0.25) is 0 Å².